The van der Waals surface area contributed by atoms with Gasteiger partial charge in [-0.2, -0.15) is 0 Å². The van der Waals surface area contributed by atoms with Crippen LogP contribution in [0.25, 0.3) is 0 Å². The minimum absolute atomic E-state index is 0.0858. The lowest BCUT2D eigenvalue weighted by Gasteiger charge is -2.32. The van der Waals surface area contributed by atoms with Crippen molar-refractivity contribution in [1.29, 1.82) is 0 Å². The lowest BCUT2D eigenvalue weighted by atomic mass is 10.0. The number of hydrogen-bond donors (Lipinski definition) is 2. The van der Waals surface area contributed by atoms with E-state index < -0.39 is 0 Å². The van der Waals surface area contributed by atoms with E-state index in [1.807, 2.05) is 11.8 Å². The van der Waals surface area contributed by atoms with Gasteiger partial charge in [0.05, 0.1) is 0 Å². The van der Waals surface area contributed by atoms with Crippen molar-refractivity contribution in [3.8, 4) is 5.75 Å². The van der Waals surface area contributed by atoms with Crippen molar-refractivity contribution in [2.45, 2.75) is 38.6 Å². The summed E-state index contributed by atoms with van der Waals surface area (Å²) < 4.78 is 0. The van der Waals surface area contributed by atoms with Crippen molar-refractivity contribution in [2.24, 2.45) is 0 Å². The zero-order chi connectivity index (χ0) is 15.2. The fraction of sp³-hybridized carbons (Fsp3) is 0.500. The minimum Gasteiger partial charge on any atom is -0.508 e. The molecule has 1 heterocycles. The number of nitrogens with one attached hydrogen (secondary N) is 1. The average molecular weight is 290 g/mol. The topological polar surface area (TPSA) is 69.6 Å². The molecule has 5 heteroatoms. The Bertz CT molecular complexity index is 508. The van der Waals surface area contributed by atoms with Gasteiger partial charge >= 0.3 is 0 Å². The van der Waals surface area contributed by atoms with Crippen LogP contribution in [0.2, 0.25) is 0 Å². The lowest BCUT2D eigenvalue weighted by molar-refractivity contribution is -0.132. The molecule has 1 aromatic carbocycles. The third-order valence-electron chi connectivity index (χ3n) is 3.76. The summed E-state index contributed by atoms with van der Waals surface area (Å²) in [5, 5.41) is 12.4. The first kappa shape index (κ1) is 15.4. The quantitative estimate of drug-likeness (QED) is 0.890. The number of nitrogens with zero attached hydrogens (tertiary/aromatic N) is 1. The molecule has 0 spiro atoms. The zero-order valence-corrected chi connectivity index (χ0v) is 12.3. The van der Waals surface area contributed by atoms with Crippen LogP contribution in [0.4, 0.5) is 0 Å². The number of phenolic OH excluding ortho intramolecular Hbond substituents is 1. The van der Waals surface area contributed by atoms with Gasteiger partial charge in [-0.05, 0) is 37.5 Å². The van der Waals surface area contributed by atoms with E-state index in [0.717, 1.165) is 19.3 Å². The highest BCUT2D eigenvalue weighted by atomic mass is 16.3. The molecule has 1 fully saturated rings. The Kier molecular flexibility index (Phi) is 5.20. The molecule has 0 unspecified atom stereocenters. The van der Waals surface area contributed by atoms with Gasteiger partial charge in [0.15, 0.2) is 0 Å². The summed E-state index contributed by atoms with van der Waals surface area (Å²) in [6.45, 7) is 3.40. The second-order valence-corrected chi connectivity index (χ2v) is 5.43. The summed E-state index contributed by atoms with van der Waals surface area (Å²) in [6, 6.07) is 6.40. The Balaban J connectivity index is 1.83. The van der Waals surface area contributed by atoms with Crippen molar-refractivity contribution in [3.05, 3.63) is 29.8 Å². The second kappa shape index (κ2) is 7.11. The normalized spacial score (nSPS) is 15.8. The fourth-order valence-electron chi connectivity index (χ4n) is 2.56. The number of carbonyl (C=O) groups is 2. The molecule has 1 aliphatic heterocycles. The van der Waals surface area contributed by atoms with Crippen molar-refractivity contribution in [2.75, 3.05) is 13.1 Å². The molecule has 2 rings (SSSR count). The van der Waals surface area contributed by atoms with Gasteiger partial charge in [-0.3, -0.25) is 9.59 Å². The molecule has 1 aromatic rings. The average Bonchev–Trinajstić information content (AvgIpc) is 2.48. The molecular formula is C16H22N2O3. The van der Waals surface area contributed by atoms with Gasteiger partial charge in [0.1, 0.15) is 5.75 Å². The molecule has 0 radical (unpaired) electrons. The van der Waals surface area contributed by atoms with E-state index in [4.69, 9.17) is 0 Å². The monoisotopic (exact) mass is 290 g/mol. The van der Waals surface area contributed by atoms with Gasteiger partial charge in [0.2, 0.25) is 5.91 Å². The van der Waals surface area contributed by atoms with Gasteiger partial charge in [-0.15, -0.1) is 0 Å². The molecule has 5 nitrogen and oxygen atoms in total. The van der Waals surface area contributed by atoms with Crippen LogP contribution in [0.15, 0.2) is 24.3 Å². The van der Waals surface area contributed by atoms with Gasteiger partial charge in [0.25, 0.3) is 5.91 Å². The highest BCUT2D eigenvalue weighted by Crippen LogP contribution is 2.14. The first-order valence-corrected chi connectivity index (χ1v) is 7.48. The molecule has 1 aliphatic rings. The van der Waals surface area contributed by atoms with Crippen LogP contribution in [0.1, 0.15) is 43.0 Å². The standard InChI is InChI=1S/C16H22N2O3/c1-2-4-15(20)18-9-7-13(8-10-18)17-16(21)12-5-3-6-14(19)11-12/h3,5-6,11,13,19H,2,4,7-10H2,1H3,(H,17,21). The highest BCUT2D eigenvalue weighted by Gasteiger charge is 2.23. The number of rotatable bonds is 4. The summed E-state index contributed by atoms with van der Waals surface area (Å²) in [4.78, 5) is 25.8. The van der Waals surface area contributed by atoms with Crippen LogP contribution in [0.3, 0.4) is 0 Å². The van der Waals surface area contributed by atoms with Crippen molar-refractivity contribution in [1.82, 2.24) is 10.2 Å². The number of carbonyl (C=O) groups excluding carboxylic acids is 2. The summed E-state index contributed by atoms with van der Waals surface area (Å²) in [5.74, 6) is 0.113. The van der Waals surface area contributed by atoms with E-state index >= 15 is 0 Å². The van der Waals surface area contributed by atoms with E-state index in [9.17, 15) is 14.7 Å². The third kappa shape index (κ3) is 4.21. The lowest BCUT2D eigenvalue weighted by Crippen LogP contribution is -2.46. The van der Waals surface area contributed by atoms with Crippen LogP contribution >= 0.6 is 0 Å². The predicted molar refractivity (Wildman–Crippen MR) is 80.1 cm³/mol. The maximum absolute atomic E-state index is 12.1. The number of aromatic hydroxyl groups is 1. The smallest absolute Gasteiger partial charge is 0.251 e. The molecular weight excluding hydrogens is 268 g/mol. The van der Waals surface area contributed by atoms with Crippen LogP contribution in [-0.2, 0) is 4.79 Å². The van der Waals surface area contributed by atoms with Crippen molar-refractivity contribution in [3.63, 3.8) is 0 Å². The Morgan fingerprint density at radius 1 is 1.33 bits per heavy atom. The number of amides is 2. The van der Waals surface area contributed by atoms with E-state index in [-0.39, 0.29) is 23.6 Å². The number of likely N-dealkylation sites (tertiary alicyclic amines) is 1. The van der Waals surface area contributed by atoms with E-state index in [1.165, 1.54) is 12.1 Å². The van der Waals surface area contributed by atoms with Gasteiger partial charge in [-0.25, -0.2) is 0 Å². The molecule has 0 aliphatic carbocycles. The predicted octanol–water partition coefficient (Wildman–Crippen LogP) is 1.91. The molecule has 21 heavy (non-hydrogen) atoms. The summed E-state index contributed by atoms with van der Waals surface area (Å²) in [6.07, 6.45) is 3.02. The van der Waals surface area contributed by atoms with Crippen LogP contribution < -0.4 is 5.32 Å². The number of phenols is 1. The molecule has 2 N–H and O–H groups in total. The fourth-order valence-corrected chi connectivity index (χ4v) is 2.56. The van der Waals surface area contributed by atoms with Gasteiger partial charge in [-0.1, -0.05) is 13.0 Å². The third-order valence-corrected chi connectivity index (χ3v) is 3.76. The van der Waals surface area contributed by atoms with Crippen LogP contribution in [0, 0.1) is 0 Å². The molecule has 2 amide bonds. The molecule has 0 bridgehead atoms. The first-order chi connectivity index (χ1) is 10.1. The first-order valence-electron chi connectivity index (χ1n) is 7.48. The number of benzene rings is 1. The maximum atomic E-state index is 12.1. The summed E-state index contributed by atoms with van der Waals surface area (Å²) >= 11 is 0. The minimum atomic E-state index is -0.177. The van der Waals surface area contributed by atoms with Crippen LogP contribution in [0.5, 0.6) is 5.75 Å². The van der Waals surface area contributed by atoms with Crippen LogP contribution in [-0.4, -0.2) is 41.0 Å². The highest BCUT2D eigenvalue weighted by molar-refractivity contribution is 5.94. The molecule has 0 atom stereocenters. The molecule has 0 saturated carbocycles. The second-order valence-electron chi connectivity index (χ2n) is 5.43. The van der Waals surface area contributed by atoms with E-state index in [0.29, 0.717) is 25.1 Å². The summed E-state index contributed by atoms with van der Waals surface area (Å²) in [7, 11) is 0. The Morgan fingerprint density at radius 3 is 2.67 bits per heavy atom. The number of piperidine rings is 1. The molecule has 1 saturated heterocycles. The van der Waals surface area contributed by atoms with Gasteiger partial charge in [0, 0.05) is 31.1 Å². The number of hydrogen-bond acceptors (Lipinski definition) is 3. The maximum Gasteiger partial charge on any atom is 0.251 e. The van der Waals surface area contributed by atoms with Crippen molar-refractivity contribution < 1.29 is 14.7 Å². The zero-order valence-electron chi connectivity index (χ0n) is 12.3. The summed E-state index contributed by atoms with van der Waals surface area (Å²) in [5.41, 5.74) is 0.458. The van der Waals surface area contributed by atoms with Gasteiger partial charge < -0.3 is 15.3 Å². The molecule has 114 valence electrons. The SMILES string of the molecule is CCCC(=O)N1CCC(NC(=O)c2cccc(O)c2)CC1. The Hall–Kier alpha value is -2.04. The Labute approximate surface area is 125 Å². The van der Waals surface area contributed by atoms with Crippen molar-refractivity contribution >= 4 is 11.8 Å². The van der Waals surface area contributed by atoms with E-state index in [2.05, 4.69) is 5.32 Å². The largest absolute Gasteiger partial charge is 0.508 e. The Morgan fingerprint density at radius 2 is 2.05 bits per heavy atom. The molecule has 0 aromatic heterocycles. The van der Waals surface area contributed by atoms with E-state index in [1.54, 1.807) is 12.1 Å².